The molecule has 0 bridgehead atoms. The number of amides is 1. The van der Waals surface area contributed by atoms with Crippen molar-refractivity contribution < 1.29 is 9.90 Å². The molecule has 1 aromatic rings. The summed E-state index contributed by atoms with van der Waals surface area (Å²) in [7, 11) is 0. The zero-order chi connectivity index (χ0) is 14.6. The van der Waals surface area contributed by atoms with Crippen molar-refractivity contribution in [3.05, 3.63) is 23.8 Å². The van der Waals surface area contributed by atoms with Crippen LogP contribution < -0.4 is 16.8 Å². The fourth-order valence-electron chi connectivity index (χ4n) is 2.75. The van der Waals surface area contributed by atoms with Gasteiger partial charge in [-0.2, -0.15) is 0 Å². The van der Waals surface area contributed by atoms with E-state index in [1.807, 2.05) is 0 Å². The van der Waals surface area contributed by atoms with Crippen LogP contribution in [0, 0.1) is 0 Å². The van der Waals surface area contributed by atoms with Crippen LogP contribution in [-0.2, 0) is 0 Å². The minimum Gasteiger partial charge on any atom is -0.399 e. The highest BCUT2D eigenvalue weighted by molar-refractivity contribution is 5.99. The average Bonchev–Trinajstić information content (AvgIpc) is 2.62. The Morgan fingerprint density at radius 3 is 2.50 bits per heavy atom. The summed E-state index contributed by atoms with van der Waals surface area (Å²) in [5.41, 5.74) is 11.9. The molecule has 0 atom stereocenters. The molecule has 2 rings (SSSR count). The number of rotatable bonds is 4. The zero-order valence-electron chi connectivity index (χ0n) is 11.7. The maximum Gasteiger partial charge on any atom is 0.250 e. The summed E-state index contributed by atoms with van der Waals surface area (Å²) in [5, 5.41) is 13.7. The Morgan fingerprint density at radius 1 is 1.25 bits per heavy atom. The number of anilines is 2. The van der Waals surface area contributed by atoms with Crippen molar-refractivity contribution in [3.8, 4) is 0 Å². The molecular formula is C15H23N3O2. The third-order valence-electron chi connectivity index (χ3n) is 3.95. The van der Waals surface area contributed by atoms with Crippen LogP contribution in [0.2, 0.25) is 0 Å². The number of carbonyl (C=O) groups is 1. The van der Waals surface area contributed by atoms with Crippen LogP contribution in [0.1, 0.15) is 48.9 Å². The second-order valence-corrected chi connectivity index (χ2v) is 5.66. The van der Waals surface area contributed by atoms with E-state index in [2.05, 4.69) is 5.32 Å². The van der Waals surface area contributed by atoms with Gasteiger partial charge in [0.05, 0.1) is 11.2 Å². The second kappa shape index (κ2) is 6.13. The van der Waals surface area contributed by atoms with Crippen molar-refractivity contribution in [2.75, 3.05) is 17.6 Å². The molecule has 0 unspecified atom stereocenters. The Kier molecular flexibility index (Phi) is 4.49. The number of primary amides is 1. The molecule has 0 aliphatic heterocycles. The Hall–Kier alpha value is -1.75. The van der Waals surface area contributed by atoms with Crippen LogP contribution in [0.4, 0.5) is 11.4 Å². The Balaban J connectivity index is 2.09. The zero-order valence-corrected chi connectivity index (χ0v) is 11.7. The number of nitrogens with one attached hydrogen (secondary N) is 1. The number of nitrogen functional groups attached to an aromatic ring is 1. The summed E-state index contributed by atoms with van der Waals surface area (Å²) >= 11 is 0. The first kappa shape index (κ1) is 14.7. The van der Waals surface area contributed by atoms with E-state index < -0.39 is 11.5 Å². The highest BCUT2D eigenvalue weighted by Gasteiger charge is 2.28. The van der Waals surface area contributed by atoms with Crippen LogP contribution in [0.25, 0.3) is 0 Å². The lowest BCUT2D eigenvalue weighted by atomic mass is 9.94. The summed E-state index contributed by atoms with van der Waals surface area (Å²) in [6.45, 7) is 0.413. The van der Waals surface area contributed by atoms with Gasteiger partial charge >= 0.3 is 0 Å². The first-order valence-corrected chi connectivity index (χ1v) is 7.16. The molecule has 5 nitrogen and oxygen atoms in total. The minimum atomic E-state index is -0.712. The lowest BCUT2D eigenvalue weighted by molar-refractivity contribution is 0.0381. The quantitative estimate of drug-likeness (QED) is 0.498. The molecule has 1 saturated carbocycles. The largest absolute Gasteiger partial charge is 0.399 e. The van der Waals surface area contributed by atoms with Gasteiger partial charge in [0.2, 0.25) is 0 Å². The van der Waals surface area contributed by atoms with Crippen LogP contribution in [0.15, 0.2) is 18.2 Å². The van der Waals surface area contributed by atoms with Gasteiger partial charge in [0, 0.05) is 17.9 Å². The molecule has 0 spiro atoms. The fraction of sp³-hybridized carbons (Fsp3) is 0.533. The standard InChI is InChI=1S/C15H23N3O2/c16-11-5-6-12(14(17)19)13(9-11)18-10-15(20)7-3-1-2-4-8-15/h5-6,9,18,20H,1-4,7-8,10,16H2,(H2,17,19). The number of hydrogen-bond donors (Lipinski definition) is 4. The molecular weight excluding hydrogens is 254 g/mol. The first-order valence-electron chi connectivity index (χ1n) is 7.16. The van der Waals surface area contributed by atoms with Gasteiger partial charge in [-0.05, 0) is 31.0 Å². The smallest absolute Gasteiger partial charge is 0.250 e. The molecule has 1 fully saturated rings. The third-order valence-corrected chi connectivity index (χ3v) is 3.95. The molecule has 1 aliphatic rings. The van der Waals surface area contributed by atoms with Crippen molar-refractivity contribution in [3.63, 3.8) is 0 Å². The fourth-order valence-corrected chi connectivity index (χ4v) is 2.75. The molecule has 0 heterocycles. The molecule has 1 aliphatic carbocycles. The van der Waals surface area contributed by atoms with E-state index in [1.165, 1.54) is 12.8 Å². The number of nitrogens with two attached hydrogens (primary N) is 2. The number of hydrogen-bond acceptors (Lipinski definition) is 4. The van der Waals surface area contributed by atoms with E-state index >= 15 is 0 Å². The van der Waals surface area contributed by atoms with E-state index in [9.17, 15) is 9.90 Å². The van der Waals surface area contributed by atoms with Gasteiger partial charge < -0.3 is 21.9 Å². The minimum absolute atomic E-state index is 0.399. The van der Waals surface area contributed by atoms with E-state index in [0.29, 0.717) is 23.5 Å². The number of aliphatic hydroxyl groups is 1. The van der Waals surface area contributed by atoms with Crippen LogP contribution in [0.5, 0.6) is 0 Å². The van der Waals surface area contributed by atoms with Gasteiger partial charge in [0.15, 0.2) is 0 Å². The summed E-state index contributed by atoms with van der Waals surface area (Å²) in [6, 6.07) is 4.93. The molecule has 0 radical (unpaired) electrons. The third kappa shape index (κ3) is 3.63. The highest BCUT2D eigenvalue weighted by Crippen LogP contribution is 2.28. The summed E-state index contributed by atoms with van der Waals surface area (Å²) in [6.07, 6.45) is 6.00. The monoisotopic (exact) mass is 277 g/mol. The molecule has 0 saturated heterocycles. The molecule has 0 aromatic heterocycles. The molecule has 6 N–H and O–H groups in total. The van der Waals surface area contributed by atoms with Crippen molar-refractivity contribution in [1.29, 1.82) is 0 Å². The molecule has 20 heavy (non-hydrogen) atoms. The van der Waals surface area contributed by atoms with Gasteiger partial charge in [-0.15, -0.1) is 0 Å². The molecule has 1 aromatic carbocycles. The number of carbonyl (C=O) groups excluding carboxylic acids is 1. The van der Waals surface area contributed by atoms with Gasteiger partial charge in [0.25, 0.3) is 5.91 Å². The summed E-state index contributed by atoms with van der Waals surface area (Å²) in [4.78, 5) is 11.4. The van der Waals surface area contributed by atoms with E-state index in [4.69, 9.17) is 11.5 Å². The normalized spacial score (nSPS) is 18.2. The first-order chi connectivity index (χ1) is 9.50. The number of benzene rings is 1. The van der Waals surface area contributed by atoms with Gasteiger partial charge in [-0.25, -0.2) is 0 Å². The highest BCUT2D eigenvalue weighted by atomic mass is 16.3. The Bertz CT molecular complexity index is 480. The predicted molar refractivity (Wildman–Crippen MR) is 80.5 cm³/mol. The van der Waals surface area contributed by atoms with E-state index in [-0.39, 0.29) is 0 Å². The van der Waals surface area contributed by atoms with Gasteiger partial charge in [-0.3, -0.25) is 4.79 Å². The Labute approximate surface area is 119 Å². The second-order valence-electron chi connectivity index (χ2n) is 5.66. The van der Waals surface area contributed by atoms with Crippen molar-refractivity contribution in [1.82, 2.24) is 0 Å². The maximum absolute atomic E-state index is 11.4. The predicted octanol–water partition coefficient (Wildman–Crippen LogP) is 1.86. The van der Waals surface area contributed by atoms with E-state index in [0.717, 1.165) is 25.7 Å². The van der Waals surface area contributed by atoms with Gasteiger partial charge in [-0.1, -0.05) is 25.7 Å². The lowest BCUT2D eigenvalue weighted by Crippen LogP contribution is -2.36. The Morgan fingerprint density at radius 2 is 1.90 bits per heavy atom. The topological polar surface area (TPSA) is 101 Å². The van der Waals surface area contributed by atoms with Crippen LogP contribution in [0.3, 0.4) is 0 Å². The molecule has 1 amide bonds. The molecule has 5 heteroatoms. The van der Waals surface area contributed by atoms with Crippen molar-refractivity contribution in [2.24, 2.45) is 5.73 Å². The lowest BCUT2D eigenvalue weighted by Gasteiger charge is -2.27. The van der Waals surface area contributed by atoms with Crippen LogP contribution in [-0.4, -0.2) is 23.2 Å². The van der Waals surface area contributed by atoms with Crippen molar-refractivity contribution in [2.45, 2.75) is 44.1 Å². The van der Waals surface area contributed by atoms with Gasteiger partial charge in [0.1, 0.15) is 0 Å². The summed E-state index contributed by atoms with van der Waals surface area (Å²) < 4.78 is 0. The van der Waals surface area contributed by atoms with E-state index in [1.54, 1.807) is 18.2 Å². The van der Waals surface area contributed by atoms with Crippen LogP contribution >= 0.6 is 0 Å². The SMILES string of the molecule is NC(=O)c1ccc(N)cc1NCC1(O)CCCCCC1. The summed E-state index contributed by atoms with van der Waals surface area (Å²) in [5.74, 6) is -0.500. The van der Waals surface area contributed by atoms with Crippen molar-refractivity contribution >= 4 is 17.3 Å². The molecule has 110 valence electrons. The average molecular weight is 277 g/mol. The maximum atomic E-state index is 11.4.